The Labute approximate surface area is 140 Å². The number of amides is 1. The van der Waals surface area contributed by atoms with Crippen molar-refractivity contribution in [3.63, 3.8) is 0 Å². The summed E-state index contributed by atoms with van der Waals surface area (Å²) in [6.45, 7) is -0.680. The maximum absolute atomic E-state index is 14.9. The Hall–Kier alpha value is -2.69. The minimum atomic E-state index is -4.32. The van der Waals surface area contributed by atoms with Crippen LogP contribution in [0.4, 0.5) is 14.5 Å². The number of carbonyl (C=O) groups excluding carboxylic acids is 1. The Bertz CT molecular complexity index is 1000. The smallest absolute Gasteiger partial charge is 0.326 e. The number of hydrogen-bond acceptors (Lipinski definition) is 5. The van der Waals surface area contributed by atoms with E-state index in [0.29, 0.717) is 4.31 Å². The molecule has 8 nitrogen and oxygen atoms in total. The Balaban J connectivity index is 1.85. The third kappa shape index (κ3) is 2.51. The van der Waals surface area contributed by atoms with Gasteiger partial charge in [0.2, 0.25) is 5.95 Å². The average molecular weight is 370 g/mol. The molecule has 2 fully saturated rings. The molecule has 1 aromatic heterocycles. The first-order valence-corrected chi connectivity index (χ1v) is 8.82. The summed E-state index contributed by atoms with van der Waals surface area (Å²) in [4.78, 5) is 11.3. The molecule has 2 aromatic rings. The Kier molecular flexibility index (Phi) is 3.26. The predicted octanol–water partition coefficient (Wildman–Crippen LogP) is 1.05. The van der Waals surface area contributed by atoms with Crippen LogP contribution in [0.1, 0.15) is 18.9 Å². The minimum Gasteiger partial charge on any atom is -0.506 e. The largest absolute Gasteiger partial charge is 0.506 e. The van der Waals surface area contributed by atoms with Crippen LogP contribution in [0, 0.1) is 11.8 Å². The number of nitrogens with one attached hydrogen (secondary N) is 1. The summed E-state index contributed by atoms with van der Waals surface area (Å²) in [5.74, 6) is -3.61. The average Bonchev–Trinajstić information content (AvgIpc) is 3.24. The van der Waals surface area contributed by atoms with E-state index in [1.165, 1.54) is 10.9 Å². The number of anilines is 1. The molecule has 0 unspecified atom stereocenters. The summed E-state index contributed by atoms with van der Waals surface area (Å²) >= 11 is 0. The number of nitrogens with zero attached hydrogens (tertiary/aromatic N) is 3. The molecular formula is C14H12F2N4O4S. The first-order chi connectivity index (χ1) is 11.8. The van der Waals surface area contributed by atoms with E-state index in [0.717, 1.165) is 25.0 Å². The molecule has 1 saturated heterocycles. The fourth-order valence-corrected chi connectivity index (χ4v) is 3.89. The summed E-state index contributed by atoms with van der Waals surface area (Å²) in [5, 5.41) is 13.6. The van der Waals surface area contributed by atoms with Crippen LogP contribution in [-0.2, 0) is 15.0 Å². The van der Waals surface area contributed by atoms with E-state index in [-0.39, 0.29) is 17.2 Å². The molecule has 4 rings (SSSR count). The molecular weight excluding hydrogens is 358 g/mol. The summed E-state index contributed by atoms with van der Waals surface area (Å²) in [7, 11) is -4.32. The highest BCUT2D eigenvalue weighted by Crippen LogP contribution is 2.41. The van der Waals surface area contributed by atoms with Crippen molar-refractivity contribution in [1.82, 2.24) is 14.5 Å². The molecule has 25 heavy (non-hydrogen) atoms. The molecule has 0 spiro atoms. The lowest BCUT2D eigenvalue weighted by Crippen LogP contribution is -2.30. The van der Waals surface area contributed by atoms with Gasteiger partial charge in [-0.1, -0.05) is 0 Å². The van der Waals surface area contributed by atoms with Gasteiger partial charge in [-0.25, -0.2) is 13.4 Å². The predicted molar refractivity (Wildman–Crippen MR) is 81.9 cm³/mol. The van der Waals surface area contributed by atoms with Gasteiger partial charge in [0.1, 0.15) is 18.0 Å². The van der Waals surface area contributed by atoms with Gasteiger partial charge in [0.15, 0.2) is 5.82 Å². The van der Waals surface area contributed by atoms with Gasteiger partial charge in [-0.05, 0) is 25.0 Å². The Morgan fingerprint density at radius 2 is 1.96 bits per heavy atom. The Morgan fingerprint density at radius 3 is 2.56 bits per heavy atom. The molecule has 2 heterocycles. The summed E-state index contributed by atoms with van der Waals surface area (Å²) in [6, 6.07) is 2.24. The number of aromatic hydroxyl groups is 1. The van der Waals surface area contributed by atoms with Crippen molar-refractivity contribution >= 4 is 21.8 Å². The van der Waals surface area contributed by atoms with E-state index < -0.39 is 45.9 Å². The normalized spacial score (nSPS) is 19.3. The van der Waals surface area contributed by atoms with Crippen molar-refractivity contribution in [3.05, 3.63) is 30.1 Å². The minimum absolute atomic E-state index is 0.0729. The number of phenols is 1. The molecule has 1 saturated carbocycles. The number of halogens is 2. The zero-order chi connectivity index (χ0) is 17.9. The molecule has 0 radical (unpaired) electrons. The molecule has 1 aromatic carbocycles. The quantitative estimate of drug-likeness (QED) is 0.840. The number of phenolic OH excluding ortho intramolecular Hbond substituents is 1. The number of carbonyl (C=O) groups is 1. The van der Waals surface area contributed by atoms with Crippen LogP contribution in [0.25, 0.3) is 11.1 Å². The lowest BCUT2D eigenvalue weighted by molar-refractivity contribution is -0.117. The highest BCUT2D eigenvalue weighted by Gasteiger charge is 2.38. The van der Waals surface area contributed by atoms with Crippen LogP contribution in [-0.4, -0.2) is 35.8 Å². The van der Waals surface area contributed by atoms with E-state index >= 15 is 0 Å². The highest BCUT2D eigenvalue weighted by molar-refractivity contribution is 7.92. The standard InChI is InChI=1S/C14H12F2N4O4S/c15-12-8(9-5-19(7-1-2-7)17-14(9)16)3-4-10(21)13(12)20-6-11(22)18-25(20,23)24/h3-5,7,21H,1-2,6H2,(H,18,22). The topological polar surface area (TPSA) is 105 Å². The van der Waals surface area contributed by atoms with E-state index in [4.69, 9.17) is 0 Å². The van der Waals surface area contributed by atoms with E-state index in [9.17, 15) is 27.1 Å². The molecule has 2 N–H and O–H groups in total. The van der Waals surface area contributed by atoms with E-state index in [1.54, 1.807) is 4.72 Å². The molecule has 0 bridgehead atoms. The van der Waals surface area contributed by atoms with Crippen molar-refractivity contribution in [2.24, 2.45) is 0 Å². The lowest BCUT2D eigenvalue weighted by Gasteiger charge is -2.18. The van der Waals surface area contributed by atoms with Crippen LogP contribution in [0.15, 0.2) is 18.3 Å². The maximum Gasteiger partial charge on any atom is 0.326 e. The van der Waals surface area contributed by atoms with Gasteiger partial charge in [0.05, 0.1) is 11.6 Å². The number of aromatic nitrogens is 2. The monoisotopic (exact) mass is 370 g/mol. The molecule has 1 aliphatic carbocycles. The van der Waals surface area contributed by atoms with Crippen LogP contribution in [0.5, 0.6) is 5.75 Å². The van der Waals surface area contributed by atoms with E-state index in [2.05, 4.69) is 5.10 Å². The fraction of sp³-hybridized carbons (Fsp3) is 0.286. The first-order valence-electron chi connectivity index (χ1n) is 7.37. The third-order valence-corrected chi connectivity index (χ3v) is 5.44. The maximum atomic E-state index is 14.9. The molecule has 11 heteroatoms. The van der Waals surface area contributed by atoms with Crippen LogP contribution >= 0.6 is 0 Å². The zero-order valence-corrected chi connectivity index (χ0v) is 13.4. The van der Waals surface area contributed by atoms with Crippen molar-refractivity contribution in [1.29, 1.82) is 0 Å². The second-order valence-corrected chi connectivity index (χ2v) is 7.47. The van der Waals surface area contributed by atoms with Crippen LogP contribution < -0.4 is 9.03 Å². The summed E-state index contributed by atoms with van der Waals surface area (Å²) in [6.07, 6.45) is 3.04. The van der Waals surface area contributed by atoms with Crippen LogP contribution in [0.2, 0.25) is 0 Å². The molecule has 132 valence electrons. The first kappa shape index (κ1) is 15.8. The van der Waals surface area contributed by atoms with Crippen molar-refractivity contribution < 1.29 is 27.1 Å². The lowest BCUT2D eigenvalue weighted by atomic mass is 10.1. The second-order valence-electron chi connectivity index (χ2n) is 5.88. The van der Waals surface area contributed by atoms with Gasteiger partial charge < -0.3 is 5.11 Å². The van der Waals surface area contributed by atoms with Gasteiger partial charge in [-0.3, -0.25) is 9.48 Å². The van der Waals surface area contributed by atoms with Gasteiger partial charge >= 0.3 is 10.2 Å². The second kappa shape index (κ2) is 5.15. The van der Waals surface area contributed by atoms with Gasteiger partial charge in [-0.15, -0.1) is 5.10 Å². The third-order valence-electron chi connectivity index (χ3n) is 4.06. The number of hydrogen-bond donors (Lipinski definition) is 2. The fourth-order valence-electron chi connectivity index (χ4n) is 2.72. The molecule has 1 amide bonds. The van der Waals surface area contributed by atoms with Gasteiger partial charge in [0.25, 0.3) is 5.91 Å². The number of benzene rings is 1. The van der Waals surface area contributed by atoms with Crippen molar-refractivity contribution in [2.75, 3.05) is 10.8 Å². The van der Waals surface area contributed by atoms with Crippen LogP contribution in [0.3, 0.4) is 0 Å². The zero-order valence-electron chi connectivity index (χ0n) is 12.6. The molecule has 0 atom stereocenters. The molecule has 2 aliphatic rings. The Morgan fingerprint density at radius 1 is 1.24 bits per heavy atom. The summed E-state index contributed by atoms with van der Waals surface area (Å²) < 4.78 is 56.4. The highest BCUT2D eigenvalue weighted by atomic mass is 32.2. The van der Waals surface area contributed by atoms with E-state index in [1.807, 2.05) is 0 Å². The van der Waals surface area contributed by atoms with Crippen molar-refractivity contribution in [2.45, 2.75) is 18.9 Å². The van der Waals surface area contributed by atoms with Crippen molar-refractivity contribution in [3.8, 4) is 16.9 Å². The van der Waals surface area contributed by atoms with Gasteiger partial charge in [-0.2, -0.15) is 12.8 Å². The summed E-state index contributed by atoms with van der Waals surface area (Å²) in [5.41, 5.74) is -1.12. The number of rotatable bonds is 3. The molecule has 1 aliphatic heterocycles. The van der Waals surface area contributed by atoms with Gasteiger partial charge in [0, 0.05) is 11.8 Å². The SMILES string of the molecule is O=C1CN(c2c(O)ccc(-c3cn(C4CC4)nc3F)c2F)S(=O)(=O)N1.